The van der Waals surface area contributed by atoms with Gasteiger partial charge in [0, 0.05) is 55.1 Å². The summed E-state index contributed by atoms with van der Waals surface area (Å²) in [5, 5.41) is 13.4. The molecule has 4 aromatic rings. The Bertz CT molecular complexity index is 1500. The van der Waals surface area contributed by atoms with Crippen LogP contribution >= 0.6 is 0 Å². The van der Waals surface area contributed by atoms with Crippen molar-refractivity contribution < 1.29 is 19.4 Å². The molecular weight excluding hydrogens is 482 g/mol. The van der Waals surface area contributed by atoms with E-state index >= 15 is 0 Å². The largest absolute Gasteiger partial charge is 0.496 e. The van der Waals surface area contributed by atoms with Gasteiger partial charge in [-0.25, -0.2) is 9.78 Å². The minimum absolute atomic E-state index is 0.0820. The molecule has 0 unspecified atom stereocenters. The van der Waals surface area contributed by atoms with Crippen molar-refractivity contribution in [3.63, 3.8) is 0 Å². The second kappa shape index (κ2) is 10.5. The lowest BCUT2D eigenvalue weighted by Crippen LogP contribution is -2.40. The van der Waals surface area contributed by atoms with Crippen molar-refractivity contribution in [2.45, 2.75) is 18.9 Å². The van der Waals surface area contributed by atoms with Gasteiger partial charge < -0.3 is 29.9 Å². The second-order valence-electron chi connectivity index (χ2n) is 9.58. The number of para-hydroxylation sites is 1. The molecule has 3 amide bonds. The predicted octanol–water partition coefficient (Wildman–Crippen LogP) is 4.60. The van der Waals surface area contributed by atoms with E-state index in [0.717, 1.165) is 51.9 Å². The molecule has 0 spiro atoms. The molecular formula is C29H31N5O4. The summed E-state index contributed by atoms with van der Waals surface area (Å²) in [4.78, 5) is 37.1. The third-order valence-corrected chi connectivity index (χ3v) is 7.01. The van der Waals surface area contributed by atoms with E-state index in [1.807, 2.05) is 42.6 Å². The van der Waals surface area contributed by atoms with Gasteiger partial charge in [-0.1, -0.05) is 24.3 Å². The molecule has 1 atom stereocenters. The van der Waals surface area contributed by atoms with Gasteiger partial charge in [-0.3, -0.25) is 4.79 Å². The Morgan fingerprint density at radius 3 is 2.74 bits per heavy atom. The van der Waals surface area contributed by atoms with Crippen LogP contribution in [-0.4, -0.2) is 77.2 Å². The molecule has 0 bridgehead atoms. The van der Waals surface area contributed by atoms with E-state index < -0.39 is 0 Å². The number of anilines is 1. The number of benzene rings is 2. The molecule has 1 saturated heterocycles. The van der Waals surface area contributed by atoms with Crippen molar-refractivity contribution in [3.8, 4) is 28.0 Å². The number of H-pyrrole nitrogens is 1. The van der Waals surface area contributed by atoms with Crippen molar-refractivity contribution >= 4 is 28.7 Å². The lowest BCUT2D eigenvalue weighted by atomic mass is 9.99. The van der Waals surface area contributed by atoms with Gasteiger partial charge in [0.05, 0.1) is 31.0 Å². The number of fused-ring (bicyclic) bond motifs is 1. The highest BCUT2D eigenvalue weighted by Crippen LogP contribution is 2.36. The average Bonchev–Trinajstić information content (AvgIpc) is 3.59. The summed E-state index contributed by atoms with van der Waals surface area (Å²) in [7, 11) is 5.00. The Morgan fingerprint density at radius 1 is 1.16 bits per heavy atom. The Morgan fingerprint density at radius 2 is 1.97 bits per heavy atom. The average molecular weight is 514 g/mol. The van der Waals surface area contributed by atoms with Crippen LogP contribution in [0.5, 0.6) is 5.75 Å². The number of pyridine rings is 1. The number of ether oxygens (including phenoxy) is 1. The highest BCUT2D eigenvalue weighted by atomic mass is 16.5. The maximum Gasteiger partial charge on any atom is 0.322 e. The van der Waals surface area contributed by atoms with Gasteiger partial charge in [0.2, 0.25) is 0 Å². The van der Waals surface area contributed by atoms with Crippen molar-refractivity contribution in [1.29, 1.82) is 0 Å². The van der Waals surface area contributed by atoms with E-state index in [1.165, 1.54) is 4.90 Å². The quantitative estimate of drug-likeness (QED) is 0.349. The molecule has 9 nitrogen and oxygen atoms in total. The van der Waals surface area contributed by atoms with Crippen molar-refractivity contribution in [2.24, 2.45) is 0 Å². The molecule has 2 aromatic heterocycles. The lowest BCUT2D eigenvalue weighted by molar-refractivity contribution is 0.0828. The van der Waals surface area contributed by atoms with Crippen LogP contribution in [0, 0.1) is 0 Å². The first kappa shape index (κ1) is 25.3. The number of amides is 3. The van der Waals surface area contributed by atoms with Gasteiger partial charge in [0.15, 0.2) is 0 Å². The van der Waals surface area contributed by atoms with E-state index in [1.54, 1.807) is 44.4 Å². The van der Waals surface area contributed by atoms with Crippen LogP contribution in [0.1, 0.15) is 23.2 Å². The number of nitrogens with one attached hydrogen (secondary N) is 2. The maximum atomic E-state index is 13.1. The molecule has 196 valence electrons. The molecule has 9 heteroatoms. The summed E-state index contributed by atoms with van der Waals surface area (Å²) in [5.74, 6) is 0.534. The smallest absolute Gasteiger partial charge is 0.322 e. The zero-order valence-corrected chi connectivity index (χ0v) is 21.7. The normalized spacial score (nSPS) is 15.1. The third kappa shape index (κ3) is 4.68. The number of methoxy groups -OCH3 is 1. The number of hydrogen-bond donors (Lipinski definition) is 3. The van der Waals surface area contributed by atoms with Crippen LogP contribution in [-0.2, 0) is 0 Å². The van der Waals surface area contributed by atoms with Gasteiger partial charge in [-0.05, 0) is 42.7 Å². The van der Waals surface area contributed by atoms with Crippen molar-refractivity contribution in [3.05, 3.63) is 66.5 Å². The van der Waals surface area contributed by atoms with Crippen LogP contribution in [0.25, 0.3) is 33.3 Å². The van der Waals surface area contributed by atoms with Crippen LogP contribution < -0.4 is 10.1 Å². The summed E-state index contributed by atoms with van der Waals surface area (Å²) >= 11 is 0. The molecule has 0 radical (unpaired) electrons. The van der Waals surface area contributed by atoms with E-state index in [2.05, 4.69) is 15.3 Å². The number of rotatable bonds is 6. The first-order valence-corrected chi connectivity index (χ1v) is 12.6. The van der Waals surface area contributed by atoms with E-state index in [0.29, 0.717) is 17.8 Å². The first-order chi connectivity index (χ1) is 18.4. The summed E-state index contributed by atoms with van der Waals surface area (Å²) < 4.78 is 5.56. The number of nitrogens with zero attached hydrogens (tertiary/aromatic N) is 3. The molecule has 0 aliphatic carbocycles. The topological polar surface area (TPSA) is 111 Å². The molecule has 0 saturated carbocycles. The van der Waals surface area contributed by atoms with Gasteiger partial charge in [-0.2, -0.15) is 0 Å². The molecule has 2 aromatic carbocycles. The van der Waals surface area contributed by atoms with Crippen LogP contribution in [0.15, 0.2) is 60.9 Å². The minimum atomic E-state index is -0.320. The summed E-state index contributed by atoms with van der Waals surface area (Å²) in [6.45, 7) is 0.490. The van der Waals surface area contributed by atoms with Crippen LogP contribution in [0.4, 0.5) is 10.5 Å². The summed E-state index contributed by atoms with van der Waals surface area (Å²) in [6.07, 6.45) is 5.28. The number of aromatic amines is 1. The number of urea groups is 1. The van der Waals surface area contributed by atoms with Crippen LogP contribution in [0.3, 0.4) is 0 Å². The second-order valence-corrected chi connectivity index (χ2v) is 9.58. The summed E-state index contributed by atoms with van der Waals surface area (Å²) in [6, 6.07) is 14.7. The number of likely N-dealkylation sites (tertiary alicyclic amines) is 1. The first-order valence-electron chi connectivity index (χ1n) is 12.6. The number of carbonyl (C=O) groups excluding carboxylic acids is 2. The van der Waals surface area contributed by atoms with Gasteiger partial charge in [-0.15, -0.1) is 0 Å². The van der Waals surface area contributed by atoms with E-state index in [-0.39, 0.29) is 24.6 Å². The number of aromatic nitrogens is 2. The fourth-order valence-corrected chi connectivity index (χ4v) is 4.98. The number of hydrogen-bond acceptors (Lipinski definition) is 5. The molecule has 1 aliphatic rings. The zero-order chi connectivity index (χ0) is 26.8. The molecule has 5 rings (SSSR count). The number of carbonyl (C=O) groups is 2. The Labute approximate surface area is 221 Å². The fourth-order valence-electron chi connectivity index (χ4n) is 4.98. The molecule has 1 aliphatic heterocycles. The standard InChI is InChI=1S/C29H31N5O4/c1-33(2)28(36)23-13-18(10-11-25(23)32-29(37)34-12-6-7-20(34)17-35)19-14-22-24(16-31-27(22)30-15-19)21-8-4-5-9-26(21)38-3/h4-5,8-11,13-16,20,35H,6-7,12,17H2,1-3H3,(H,30,31)(H,32,37)/t20-/m1/s1. The van der Waals surface area contributed by atoms with Crippen molar-refractivity contribution in [1.82, 2.24) is 19.8 Å². The number of aliphatic hydroxyl groups is 1. The highest BCUT2D eigenvalue weighted by molar-refractivity contribution is 6.05. The maximum absolute atomic E-state index is 13.1. The fraction of sp³-hybridized carbons (Fsp3) is 0.276. The van der Waals surface area contributed by atoms with Crippen molar-refractivity contribution in [2.75, 3.05) is 39.7 Å². The Hall–Kier alpha value is -4.37. The minimum Gasteiger partial charge on any atom is -0.496 e. The lowest BCUT2D eigenvalue weighted by Gasteiger charge is -2.24. The molecule has 3 N–H and O–H groups in total. The molecule has 1 fully saturated rings. The predicted molar refractivity (Wildman–Crippen MR) is 147 cm³/mol. The Kier molecular flexibility index (Phi) is 7.02. The monoisotopic (exact) mass is 513 g/mol. The molecule has 38 heavy (non-hydrogen) atoms. The highest BCUT2D eigenvalue weighted by Gasteiger charge is 2.29. The van der Waals surface area contributed by atoms with Gasteiger partial charge in [0.1, 0.15) is 11.4 Å². The third-order valence-electron chi connectivity index (χ3n) is 7.01. The zero-order valence-electron chi connectivity index (χ0n) is 21.7. The van der Waals surface area contributed by atoms with E-state index in [9.17, 15) is 14.7 Å². The van der Waals surface area contributed by atoms with Crippen LogP contribution in [0.2, 0.25) is 0 Å². The van der Waals surface area contributed by atoms with E-state index in [4.69, 9.17) is 4.74 Å². The number of aliphatic hydroxyl groups excluding tert-OH is 1. The SMILES string of the molecule is COc1ccccc1-c1c[nH]c2ncc(-c3ccc(NC(=O)N4CCC[C@@H]4CO)c(C(=O)N(C)C)c3)cc12. The molecule has 3 heterocycles. The Balaban J connectivity index is 1.53. The van der Waals surface area contributed by atoms with Gasteiger partial charge >= 0.3 is 6.03 Å². The van der Waals surface area contributed by atoms with Gasteiger partial charge in [0.25, 0.3) is 5.91 Å². The summed E-state index contributed by atoms with van der Waals surface area (Å²) in [5.41, 5.74) is 5.08.